The molecule has 1 aromatic heterocycles. The number of amides is 3. The fourth-order valence-electron chi connectivity index (χ4n) is 3.35. The highest BCUT2D eigenvalue weighted by atomic mass is 32.2. The van der Waals surface area contributed by atoms with E-state index in [9.17, 15) is 23.0 Å². The van der Waals surface area contributed by atoms with Gasteiger partial charge in [-0.15, -0.1) is 0 Å². The smallest absolute Gasteiger partial charge is 0.264 e. The molecule has 0 spiro atoms. The van der Waals surface area contributed by atoms with Crippen molar-refractivity contribution in [3.63, 3.8) is 0 Å². The maximum atomic E-state index is 14.0. The van der Waals surface area contributed by atoms with E-state index in [1.807, 2.05) is 0 Å². The van der Waals surface area contributed by atoms with Gasteiger partial charge in [-0.3, -0.25) is 23.5 Å². The van der Waals surface area contributed by atoms with E-state index in [4.69, 9.17) is 9.47 Å². The van der Waals surface area contributed by atoms with E-state index in [0.717, 1.165) is 17.0 Å². The number of methoxy groups -OCH3 is 1. The summed E-state index contributed by atoms with van der Waals surface area (Å²) in [5.41, 5.74) is -0.206. The summed E-state index contributed by atoms with van der Waals surface area (Å²) < 4.78 is 36.8. The topological polar surface area (TPSA) is 115 Å². The molecule has 3 rings (SSSR count). The van der Waals surface area contributed by atoms with Crippen LogP contribution in [-0.2, 0) is 15.6 Å². The third-order valence-electron chi connectivity index (χ3n) is 4.59. The maximum Gasteiger partial charge on any atom is 0.264 e. The molecular weight excluding hydrogens is 429 g/mol. The Kier molecular flexibility index (Phi) is 6.64. The Balaban J connectivity index is 2.12. The van der Waals surface area contributed by atoms with Gasteiger partial charge in [0, 0.05) is 22.8 Å². The first-order valence-electron chi connectivity index (χ1n) is 9.21. The monoisotopic (exact) mass is 449 g/mol. The molecule has 164 valence electrons. The molecule has 31 heavy (non-hydrogen) atoms. The summed E-state index contributed by atoms with van der Waals surface area (Å²) in [6.07, 6.45) is 1.71. The molecule has 1 N–H and O–H groups in total. The van der Waals surface area contributed by atoms with Crippen molar-refractivity contribution >= 4 is 34.7 Å². The lowest BCUT2D eigenvalue weighted by atomic mass is 10.1. The minimum Gasteiger partial charge on any atom is -0.491 e. The average molecular weight is 449 g/mol. The van der Waals surface area contributed by atoms with Gasteiger partial charge in [-0.05, 0) is 31.2 Å². The van der Waals surface area contributed by atoms with Crippen molar-refractivity contribution in [2.75, 3.05) is 31.0 Å². The van der Waals surface area contributed by atoms with Gasteiger partial charge >= 0.3 is 0 Å². The Bertz CT molecular complexity index is 1080. The lowest BCUT2D eigenvalue weighted by molar-refractivity contribution is -0.105. The van der Waals surface area contributed by atoms with Crippen LogP contribution >= 0.6 is 0 Å². The molecule has 2 heterocycles. The van der Waals surface area contributed by atoms with Crippen molar-refractivity contribution in [1.82, 2.24) is 9.88 Å². The van der Waals surface area contributed by atoms with Crippen molar-refractivity contribution < 1.29 is 32.5 Å². The predicted octanol–water partition coefficient (Wildman–Crippen LogP) is 1.91. The zero-order chi connectivity index (χ0) is 22.7. The van der Waals surface area contributed by atoms with Crippen LogP contribution in [0, 0.1) is 5.82 Å². The first-order valence-corrected chi connectivity index (χ1v) is 10.9. The first kappa shape index (κ1) is 22.3. The summed E-state index contributed by atoms with van der Waals surface area (Å²) in [6, 6.07) is 3.96. The largest absolute Gasteiger partial charge is 0.491 e. The number of nitrogens with one attached hydrogen (secondary N) is 1. The normalized spacial score (nSPS) is 14.8. The summed E-state index contributed by atoms with van der Waals surface area (Å²) >= 11 is 0. The average Bonchev–Trinajstić information content (AvgIpc) is 2.96. The van der Waals surface area contributed by atoms with Gasteiger partial charge in [0.15, 0.2) is 5.75 Å². The number of carbonyl (C=O) groups is 3. The van der Waals surface area contributed by atoms with Crippen LogP contribution in [0.15, 0.2) is 24.3 Å². The number of rotatable bonds is 9. The molecule has 0 saturated carbocycles. The van der Waals surface area contributed by atoms with Gasteiger partial charge < -0.3 is 14.8 Å². The molecule has 1 aliphatic rings. The van der Waals surface area contributed by atoms with Crippen LogP contribution in [0.25, 0.3) is 0 Å². The highest BCUT2D eigenvalue weighted by Gasteiger charge is 2.43. The van der Waals surface area contributed by atoms with E-state index >= 15 is 0 Å². The molecule has 2 atom stereocenters. The Morgan fingerprint density at radius 1 is 1.29 bits per heavy atom. The zero-order valence-corrected chi connectivity index (χ0v) is 17.8. The van der Waals surface area contributed by atoms with Gasteiger partial charge in [-0.25, -0.2) is 9.37 Å². The van der Waals surface area contributed by atoms with E-state index in [1.165, 1.54) is 19.4 Å². The number of ether oxygens (including phenoxy) is 2. The van der Waals surface area contributed by atoms with Crippen molar-refractivity contribution in [1.29, 1.82) is 0 Å². The van der Waals surface area contributed by atoms with Crippen LogP contribution in [0.4, 0.5) is 10.1 Å². The molecule has 9 nitrogen and oxygen atoms in total. The van der Waals surface area contributed by atoms with Crippen molar-refractivity contribution in [3.8, 4) is 11.6 Å². The van der Waals surface area contributed by atoms with Gasteiger partial charge in [0.2, 0.25) is 6.41 Å². The second-order valence-electron chi connectivity index (χ2n) is 6.55. The minimum absolute atomic E-state index is 0.102. The Hall–Kier alpha value is -3.34. The third-order valence-corrected chi connectivity index (χ3v) is 5.38. The van der Waals surface area contributed by atoms with Crippen LogP contribution in [0.3, 0.4) is 0 Å². The van der Waals surface area contributed by atoms with Crippen LogP contribution in [-0.4, -0.2) is 58.0 Å². The molecule has 3 amide bonds. The van der Waals surface area contributed by atoms with E-state index in [2.05, 4.69) is 10.3 Å². The maximum absolute atomic E-state index is 14.0. The fraction of sp³-hybridized carbons (Fsp3) is 0.300. The van der Waals surface area contributed by atoms with Gasteiger partial charge in [0.1, 0.15) is 5.82 Å². The number of imide groups is 1. The summed E-state index contributed by atoms with van der Waals surface area (Å²) in [5.74, 6) is -1.92. The molecule has 0 aliphatic carbocycles. The fourth-order valence-corrected chi connectivity index (χ4v) is 4.11. The molecule has 2 aromatic rings. The Morgan fingerprint density at radius 3 is 2.65 bits per heavy atom. The molecule has 1 aromatic carbocycles. The number of carbonyl (C=O) groups excluding carboxylic acids is 3. The van der Waals surface area contributed by atoms with Crippen LogP contribution in [0.1, 0.15) is 39.4 Å². The molecular formula is C20H20FN3O6S. The number of hydrogen-bond donors (Lipinski definition) is 1. The summed E-state index contributed by atoms with van der Waals surface area (Å²) in [5, 5.41) is 2.25. The highest BCUT2D eigenvalue weighted by Crippen LogP contribution is 2.37. The number of pyridine rings is 1. The van der Waals surface area contributed by atoms with E-state index in [0.29, 0.717) is 12.4 Å². The molecule has 0 fully saturated rings. The number of aromatic nitrogens is 1. The standard InChI is InChI=1S/C20H20FN3O6S/c1-4-30-18-16(29-2)6-5-13(23-18)15(9-31(3)28)24-19(26)12-7-11(21)8-14(22-10-25)17(12)20(24)27/h5-8,10,15H,4,9H2,1-3H3,(H,22,25). The van der Waals surface area contributed by atoms with Crippen molar-refractivity contribution in [3.05, 3.63) is 46.9 Å². The lowest BCUT2D eigenvalue weighted by Gasteiger charge is -2.25. The summed E-state index contributed by atoms with van der Waals surface area (Å²) in [7, 11) is 0.0205. The van der Waals surface area contributed by atoms with Crippen molar-refractivity contribution in [2.45, 2.75) is 13.0 Å². The summed E-state index contributed by atoms with van der Waals surface area (Å²) in [6.45, 7) is 2.05. The molecule has 1 aliphatic heterocycles. The van der Waals surface area contributed by atoms with E-state index < -0.39 is 34.5 Å². The quantitative estimate of drug-likeness (QED) is 0.459. The number of anilines is 1. The van der Waals surface area contributed by atoms with Gasteiger partial charge in [-0.2, -0.15) is 0 Å². The number of nitrogens with zero attached hydrogens (tertiary/aromatic N) is 2. The number of hydrogen-bond acceptors (Lipinski definition) is 7. The van der Waals surface area contributed by atoms with Crippen LogP contribution in [0.2, 0.25) is 0 Å². The summed E-state index contributed by atoms with van der Waals surface area (Å²) in [4.78, 5) is 42.4. The second-order valence-corrected chi connectivity index (χ2v) is 8.03. The van der Waals surface area contributed by atoms with Crippen LogP contribution < -0.4 is 14.8 Å². The number of fused-ring (bicyclic) bond motifs is 1. The SMILES string of the molecule is CCOc1nc(C(CS(C)=O)N2C(=O)c3cc(F)cc(NC=O)c3C2=O)ccc1OC. The Morgan fingerprint density at radius 2 is 2.03 bits per heavy atom. The van der Waals surface area contributed by atoms with Gasteiger partial charge in [-0.1, -0.05) is 0 Å². The molecule has 2 unspecified atom stereocenters. The second kappa shape index (κ2) is 9.21. The predicted molar refractivity (Wildman–Crippen MR) is 110 cm³/mol. The number of halogens is 1. The van der Waals surface area contributed by atoms with E-state index in [-0.39, 0.29) is 40.6 Å². The third kappa shape index (κ3) is 4.26. The van der Waals surface area contributed by atoms with Gasteiger partial charge in [0.25, 0.3) is 17.7 Å². The highest BCUT2D eigenvalue weighted by molar-refractivity contribution is 7.84. The zero-order valence-electron chi connectivity index (χ0n) is 17.0. The molecule has 0 saturated heterocycles. The van der Waals surface area contributed by atoms with Gasteiger partial charge in [0.05, 0.1) is 42.3 Å². The minimum atomic E-state index is -1.42. The lowest BCUT2D eigenvalue weighted by Crippen LogP contribution is -2.37. The van der Waals surface area contributed by atoms with Crippen LogP contribution in [0.5, 0.6) is 11.6 Å². The molecule has 0 radical (unpaired) electrons. The van der Waals surface area contributed by atoms with E-state index in [1.54, 1.807) is 13.0 Å². The Labute approximate surface area is 180 Å². The van der Waals surface area contributed by atoms with Crippen molar-refractivity contribution in [2.24, 2.45) is 0 Å². The number of benzene rings is 1. The first-order chi connectivity index (χ1) is 14.8. The molecule has 0 bridgehead atoms. The molecule has 11 heteroatoms.